The van der Waals surface area contributed by atoms with Gasteiger partial charge in [0.2, 0.25) is 11.8 Å². The normalized spacial score (nSPS) is 17.5. The maximum atomic E-state index is 14.2. The van der Waals surface area contributed by atoms with Gasteiger partial charge in [-0.05, 0) is 36.5 Å². The molecule has 0 saturated heterocycles. The van der Waals surface area contributed by atoms with Gasteiger partial charge in [-0.3, -0.25) is 28.9 Å². The Kier molecular flexibility index (Phi) is 12.0. The summed E-state index contributed by atoms with van der Waals surface area (Å²) in [6, 6.07) is 14.1. The van der Waals surface area contributed by atoms with Crippen molar-refractivity contribution < 1.29 is 29.1 Å². The number of β-amino-alcohol motifs (C(OH)–C–C–N with tert-alkyl or cyclic N) is 1. The Morgan fingerprint density at radius 3 is 2.14 bits per heavy atom. The van der Waals surface area contributed by atoms with Crippen molar-refractivity contribution in [3.63, 3.8) is 0 Å². The maximum Gasteiger partial charge on any atom is 0.261 e. The zero-order valence-electron chi connectivity index (χ0n) is 29.2. The Morgan fingerprint density at radius 2 is 1.54 bits per heavy atom. The number of carbonyl (C=O) groups excluding carboxylic acids is 5. The van der Waals surface area contributed by atoms with Gasteiger partial charge in [0.25, 0.3) is 11.8 Å². The first-order valence-corrected chi connectivity index (χ1v) is 17.7. The minimum atomic E-state index is -1.25. The fourth-order valence-electron chi connectivity index (χ4n) is 6.89. The molecule has 0 spiro atoms. The minimum absolute atomic E-state index is 0.00424. The van der Waals surface area contributed by atoms with Gasteiger partial charge in [0.15, 0.2) is 0 Å². The molecular formula is C39H49N5O6. The van der Waals surface area contributed by atoms with Gasteiger partial charge in [-0.25, -0.2) is 4.98 Å². The van der Waals surface area contributed by atoms with Gasteiger partial charge in [0.05, 0.1) is 41.8 Å². The highest BCUT2D eigenvalue weighted by Crippen LogP contribution is 2.29. The van der Waals surface area contributed by atoms with Crippen molar-refractivity contribution in [2.75, 3.05) is 6.54 Å². The molecule has 2 aromatic carbocycles. The zero-order chi connectivity index (χ0) is 35.8. The highest BCUT2D eigenvalue weighted by molar-refractivity contribution is 6.21. The molecule has 5 rings (SSSR count). The average molecular weight is 684 g/mol. The van der Waals surface area contributed by atoms with E-state index in [4.69, 9.17) is 0 Å². The Labute approximate surface area is 293 Å². The van der Waals surface area contributed by atoms with E-state index in [1.807, 2.05) is 51.1 Å². The first kappa shape index (κ1) is 36.6. The van der Waals surface area contributed by atoms with Crippen LogP contribution in [0.5, 0.6) is 0 Å². The van der Waals surface area contributed by atoms with Crippen LogP contribution in [-0.2, 0) is 27.2 Å². The highest BCUT2D eigenvalue weighted by atomic mass is 16.3. The van der Waals surface area contributed by atoms with Gasteiger partial charge in [-0.15, -0.1) is 0 Å². The lowest BCUT2D eigenvalue weighted by Crippen LogP contribution is -2.56. The van der Waals surface area contributed by atoms with Crippen LogP contribution in [0, 0.1) is 17.3 Å². The SMILES string of the molecule is CC(C)(C)C(=O)C[C@@H](Cc1ccccc1)C(=O)N[C@@H](Cc1c[nH]cn1)C(=O)N[C@@H](CC1CCCCC1)[C@@H](O)CN1C(=O)c2ccccc2C1=O. The second-order valence-electron chi connectivity index (χ2n) is 14.8. The Bertz CT molecular complexity index is 1610. The lowest BCUT2D eigenvalue weighted by atomic mass is 9.83. The van der Waals surface area contributed by atoms with E-state index in [1.54, 1.807) is 30.5 Å². The number of aliphatic hydroxyl groups is 1. The van der Waals surface area contributed by atoms with E-state index >= 15 is 0 Å². The summed E-state index contributed by atoms with van der Waals surface area (Å²) < 4.78 is 0. The quantitative estimate of drug-likeness (QED) is 0.173. The molecule has 11 heteroatoms. The monoisotopic (exact) mass is 683 g/mol. The molecule has 2 heterocycles. The standard InChI is InChI=1S/C39H49N5O6/c1-39(2,3)34(46)20-27(18-25-12-6-4-7-13-25)35(47)43-32(21-28-22-40-24-41-28)36(48)42-31(19-26-14-8-5-9-15-26)33(45)23-44-37(49)29-16-10-11-17-30(29)38(44)50/h4,6-7,10-13,16-17,22,24,26-27,31-33,45H,5,8-9,14-15,18-21,23H2,1-3H3,(H,40,41)(H,42,48)(H,43,47)/t27-,31+,32+,33+/m1/s1. The van der Waals surface area contributed by atoms with E-state index in [9.17, 15) is 29.1 Å². The molecule has 4 N–H and O–H groups in total. The largest absolute Gasteiger partial charge is 0.389 e. The lowest BCUT2D eigenvalue weighted by Gasteiger charge is -2.33. The number of amides is 4. The van der Waals surface area contributed by atoms with Crippen LogP contribution in [0.1, 0.15) is 97.7 Å². The van der Waals surface area contributed by atoms with Crippen LogP contribution in [0.4, 0.5) is 0 Å². The van der Waals surface area contributed by atoms with Crippen LogP contribution in [0.2, 0.25) is 0 Å². The highest BCUT2D eigenvalue weighted by Gasteiger charge is 2.39. The molecular weight excluding hydrogens is 634 g/mol. The molecule has 1 saturated carbocycles. The number of imidazole rings is 1. The Morgan fingerprint density at radius 1 is 0.900 bits per heavy atom. The van der Waals surface area contributed by atoms with Crippen LogP contribution < -0.4 is 10.6 Å². The summed E-state index contributed by atoms with van der Waals surface area (Å²) in [6.45, 7) is 5.18. The molecule has 1 aliphatic heterocycles. The fourth-order valence-corrected chi connectivity index (χ4v) is 6.89. The maximum absolute atomic E-state index is 14.2. The number of rotatable bonds is 15. The van der Waals surface area contributed by atoms with Crippen LogP contribution in [0.3, 0.4) is 0 Å². The number of ketones is 1. The summed E-state index contributed by atoms with van der Waals surface area (Å²) in [7, 11) is 0. The molecule has 2 aliphatic rings. The van der Waals surface area contributed by atoms with Crippen molar-refractivity contribution in [3.05, 3.63) is 89.5 Å². The number of fused-ring (bicyclic) bond motifs is 1. The average Bonchev–Trinajstić information content (AvgIpc) is 3.70. The molecule has 0 radical (unpaired) electrons. The van der Waals surface area contributed by atoms with Crippen LogP contribution in [0.25, 0.3) is 0 Å². The minimum Gasteiger partial charge on any atom is -0.389 e. The van der Waals surface area contributed by atoms with Crippen LogP contribution in [0.15, 0.2) is 67.1 Å². The Hall–Kier alpha value is -4.64. The molecule has 1 aliphatic carbocycles. The first-order chi connectivity index (χ1) is 23.9. The van der Waals surface area contributed by atoms with E-state index in [-0.39, 0.29) is 42.2 Å². The molecule has 50 heavy (non-hydrogen) atoms. The van der Waals surface area contributed by atoms with Gasteiger partial charge >= 0.3 is 0 Å². The first-order valence-electron chi connectivity index (χ1n) is 17.7. The predicted molar refractivity (Wildman–Crippen MR) is 188 cm³/mol. The van der Waals surface area contributed by atoms with Gasteiger partial charge in [-0.1, -0.05) is 95.3 Å². The summed E-state index contributed by atoms with van der Waals surface area (Å²) in [4.78, 5) is 75.8. The number of nitrogens with zero attached hydrogens (tertiary/aromatic N) is 2. The smallest absolute Gasteiger partial charge is 0.261 e. The predicted octanol–water partition coefficient (Wildman–Crippen LogP) is 4.41. The molecule has 1 fully saturated rings. The summed E-state index contributed by atoms with van der Waals surface area (Å²) in [5.41, 5.74) is 1.37. The summed E-state index contributed by atoms with van der Waals surface area (Å²) >= 11 is 0. The van der Waals surface area contributed by atoms with Crippen molar-refractivity contribution in [2.45, 2.75) is 96.7 Å². The van der Waals surface area contributed by atoms with E-state index in [0.717, 1.165) is 42.6 Å². The second kappa shape index (κ2) is 16.4. The third-order valence-electron chi connectivity index (χ3n) is 9.92. The number of H-pyrrole nitrogens is 1. The topological polar surface area (TPSA) is 162 Å². The number of aromatic nitrogens is 2. The van der Waals surface area contributed by atoms with E-state index in [2.05, 4.69) is 20.6 Å². The fraction of sp³-hybridized carbons (Fsp3) is 0.487. The number of aliphatic hydroxyl groups excluding tert-OH is 1. The zero-order valence-corrected chi connectivity index (χ0v) is 29.2. The number of aromatic amines is 1. The van der Waals surface area contributed by atoms with Crippen molar-refractivity contribution in [1.29, 1.82) is 0 Å². The Balaban J connectivity index is 1.36. The third-order valence-corrected chi connectivity index (χ3v) is 9.92. The molecule has 0 unspecified atom stereocenters. The van der Waals surface area contributed by atoms with Crippen molar-refractivity contribution in [2.24, 2.45) is 17.3 Å². The van der Waals surface area contributed by atoms with Gasteiger partial charge < -0.3 is 20.7 Å². The van der Waals surface area contributed by atoms with Gasteiger partial charge in [0, 0.05) is 30.4 Å². The number of benzene rings is 2. The molecule has 3 aromatic rings. The molecule has 4 atom stereocenters. The number of nitrogens with one attached hydrogen (secondary N) is 3. The summed E-state index contributed by atoms with van der Waals surface area (Å²) in [5.74, 6) is -2.47. The van der Waals surface area contributed by atoms with Gasteiger partial charge in [0.1, 0.15) is 11.8 Å². The van der Waals surface area contributed by atoms with Gasteiger partial charge in [-0.2, -0.15) is 0 Å². The van der Waals surface area contributed by atoms with Crippen LogP contribution >= 0.6 is 0 Å². The van der Waals surface area contributed by atoms with E-state index < -0.39 is 53.1 Å². The molecule has 11 nitrogen and oxygen atoms in total. The summed E-state index contributed by atoms with van der Waals surface area (Å²) in [6.07, 6.45) is 7.85. The molecule has 4 amide bonds. The van der Waals surface area contributed by atoms with E-state index in [1.165, 1.54) is 6.33 Å². The second-order valence-corrected chi connectivity index (χ2v) is 14.8. The number of Topliss-reactive ketones (excluding diaryl/α,β-unsaturated/α-hetero) is 1. The lowest BCUT2D eigenvalue weighted by molar-refractivity contribution is -0.135. The number of hydrogen-bond acceptors (Lipinski definition) is 7. The number of imide groups is 1. The number of carbonyl (C=O) groups is 5. The number of hydrogen-bond donors (Lipinski definition) is 4. The van der Waals surface area contributed by atoms with Crippen LogP contribution in [-0.4, -0.2) is 74.1 Å². The third kappa shape index (κ3) is 9.32. The van der Waals surface area contributed by atoms with Crippen molar-refractivity contribution in [3.8, 4) is 0 Å². The summed E-state index contributed by atoms with van der Waals surface area (Å²) in [5, 5.41) is 17.5. The molecule has 0 bridgehead atoms. The molecule has 266 valence electrons. The van der Waals surface area contributed by atoms with Crippen molar-refractivity contribution >= 4 is 29.4 Å². The van der Waals surface area contributed by atoms with Crippen molar-refractivity contribution in [1.82, 2.24) is 25.5 Å². The van der Waals surface area contributed by atoms with E-state index in [0.29, 0.717) is 18.5 Å². The molecule has 1 aromatic heterocycles.